The Morgan fingerprint density at radius 2 is 2.00 bits per heavy atom. The van der Waals surface area contributed by atoms with Gasteiger partial charge in [-0.15, -0.1) is 0 Å². The molecular weight excluding hydrogens is 186 g/mol. The molecule has 0 bridgehead atoms. The van der Waals surface area contributed by atoms with Crippen LogP contribution in [0.15, 0.2) is 0 Å². The maximum Gasteiger partial charge on any atom is 0.0587 e. The minimum atomic E-state index is 0.816. The molecule has 0 saturated heterocycles. The second-order valence-electron chi connectivity index (χ2n) is 4.83. The monoisotopic (exact) mass is 215 g/mol. The average Bonchev–Trinajstić information content (AvgIpc) is 2.19. The Kier molecular flexibility index (Phi) is 10.4. The molecule has 0 saturated carbocycles. The number of nitrogens with one attached hydrogen (secondary N) is 1. The van der Waals surface area contributed by atoms with Gasteiger partial charge in [0.15, 0.2) is 0 Å². The van der Waals surface area contributed by atoms with Gasteiger partial charge in [0.2, 0.25) is 0 Å². The Balaban J connectivity index is 3.59. The van der Waals surface area contributed by atoms with Crippen molar-refractivity contribution in [2.24, 2.45) is 11.8 Å². The molecule has 0 amide bonds. The van der Waals surface area contributed by atoms with E-state index in [-0.39, 0.29) is 0 Å². The fourth-order valence-corrected chi connectivity index (χ4v) is 1.94. The molecule has 1 N–H and O–H groups in total. The zero-order valence-corrected chi connectivity index (χ0v) is 11.0. The summed E-state index contributed by atoms with van der Waals surface area (Å²) in [6.07, 6.45) is 5.39. The van der Waals surface area contributed by atoms with Crippen LogP contribution in [-0.2, 0) is 4.74 Å². The van der Waals surface area contributed by atoms with Crippen LogP contribution < -0.4 is 5.32 Å². The highest BCUT2D eigenvalue weighted by Gasteiger charge is 2.09. The van der Waals surface area contributed by atoms with E-state index < -0.39 is 0 Å². The molecule has 2 nitrogen and oxygen atoms in total. The fraction of sp³-hybridized carbons (Fsp3) is 1.00. The molecule has 0 aliphatic carbocycles. The van der Waals surface area contributed by atoms with Crippen molar-refractivity contribution < 1.29 is 4.74 Å². The lowest BCUT2D eigenvalue weighted by Gasteiger charge is -2.19. The number of ether oxygens (including phenoxy) is 1. The largest absolute Gasteiger partial charge is 0.383 e. The first-order valence-corrected chi connectivity index (χ1v) is 6.40. The molecule has 0 aromatic carbocycles. The van der Waals surface area contributed by atoms with E-state index >= 15 is 0 Å². The topological polar surface area (TPSA) is 21.3 Å². The quantitative estimate of drug-likeness (QED) is 0.565. The van der Waals surface area contributed by atoms with Crippen molar-refractivity contribution in [3.63, 3.8) is 0 Å². The molecule has 0 fully saturated rings. The number of hydrogen-bond acceptors (Lipinski definition) is 2. The zero-order chi connectivity index (χ0) is 11.5. The molecule has 0 heterocycles. The molecule has 0 spiro atoms. The lowest BCUT2D eigenvalue weighted by atomic mass is 9.92. The van der Waals surface area contributed by atoms with Crippen LogP contribution in [0.3, 0.4) is 0 Å². The molecule has 0 aliphatic heterocycles. The van der Waals surface area contributed by atoms with E-state index in [1.54, 1.807) is 7.11 Å². The highest BCUT2D eigenvalue weighted by Crippen LogP contribution is 2.17. The summed E-state index contributed by atoms with van der Waals surface area (Å²) < 4.78 is 5.02. The van der Waals surface area contributed by atoms with E-state index in [0.717, 1.165) is 31.5 Å². The van der Waals surface area contributed by atoms with Crippen molar-refractivity contribution in [1.29, 1.82) is 0 Å². The van der Waals surface area contributed by atoms with Crippen LogP contribution in [0, 0.1) is 11.8 Å². The van der Waals surface area contributed by atoms with Gasteiger partial charge in [0.05, 0.1) is 6.61 Å². The summed E-state index contributed by atoms with van der Waals surface area (Å²) in [6.45, 7) is 9.86. The van der Waals surface area contributed by atoms with Crippen LogP contribution >= 0.6 is 0 Å². The van der Waals surface area contributed by atoms with E-state index in [4.69, 9.17) is 4.74 Å². The van der Waals surface area contributed by atoms with Crippen molar-refractivity contribution in [1.82, 2.24) is 5.32 Å². The molecular formula is C13H29NO. The van der Waals surface area contributed by atoms with Crippen LogP contribution in [0.25, 0.3) is 0 Å². The van der Waals surface area contributed by atoms with Crippen LogP contribution in [0.4, 0.5) is 0 Å². The van der Waals surface area contributed by atoms with Gasteiger partial charge < -0.3 is 10.1 Å². The summed E-state index contributed by atoms with van der Waals surface area (Å²) >= 11 is 0. The average molecular weight is 215 g/mol. The normalized spacial score (nSPS) is 13.4. The fourth-order valence-electron chi connectivity index (χ4n) is 1.94. The molecule has 0 radical (unpaired) electrons. The summed E-state index contributed by atoms with van der Waals surface area (Å²) in [5.41, 5.74) is 0. The third-order valence-corrected chi connectivity index (χ3v) is 2.69. The van der Waals surface area contributed by atoms with Crippen molar-refractivity contribution in [2.75, 3.05) is 26.8 Å². The number of methoxy groups -OCH3 is 1. The number of rotatable bonds is 10. The van der Waals surface area contributed by atoms with Gasteiger partial charge >= 0.3 is 0 Å². The summed E-state index contributed by atoms with van der Waals surface area (Å²) in [4.78, 5) is 0. The zero-order valence-electron chi connectivity index (χ0n) is 11.0. The molecule has 0 rings (SSSR count). The third kappa shape index (κ3) is 10.2. The Labute approximate surface area is 95.8 Å². The lowest BCUT2D eigenvalue weighted by molar-refractivity contribution is 0.196. The summed E-state index contributed by atoms with van der Waals surface area (Å²) in [7, 11) is 1.75. The van der Waals surface area contributed by atoms with Crippen LogP contribution in [0.5, 0.6) is 0 Å². The highest BCUT2D eigenvalue weighted by molar-refractivity contribution is 4.64. The smallest absolute Gasteiger partial charge is 0.0587 e. The number of unbranched alkanes of at least 4 members (excludes halogenated alkanes) is 1. The Bertz CT molecular complexity index is 126. The van der Waals surface area contributed by atoms with Crippen LogP contribution in [0.1, 0.15) is 46.5 Å². The molecule has 15 heavy (non-hydrogen) atoms. The van der Waals surface area contributed by atoms with Gasteiger partial charge in [0.25, 0.3) is 0 Å². The van der Waals surface area contributed by atoms with Gasteiger partial charge in [-0.05, 0) is 31.2 Å². The molecule has 0 aromatic heterocycles. The van der Waals surface area contributed by atoms with Gasteiger partial charge in [0.1, 0.15) is 0 Å². The lowest BCUT2D eigenvalue weighted by Crippen LogP contribution is -2.27. The van der Waals surface area contributed by atoms with E-state index in [2.05, 4.69) is 26.1 Å². The highest BCUT2D eigenvalue weighted by atomic mass is 16.5. The first-order valence-electron chi connectivity index (χ1n) is 6.40. The second kappa shape index (κ2) is 10.4. The van der Waals surface area contributed by atoms with E-state index in [9.17, 15) is 0 Å². The van der Waals surface area contributed by atoms with Crippen molar-refractivity contribution in [2.45, 2.75) is 46.5 Å². The second-order valence-corrected chi connectivity index (χ2v) is 4.83. The Morgan fingerprint density at radius 1 is 1.27 bits per heavy atom. The van der Waals surface area contributed by atoms with Crippen molar-refractivity contribution >= 4 is 0 Å². The van der Waals surface area contributed by atoms with Crippen LogP contribution in [0.2, 0.25) is 0 Å². The van der Waals surface area contributed by atoms with E-state index in [0.29, 0.717) is 0 Å². The van der Waals surface area contributed by atoms with E-state index in [1.165, 1.54) is 25.7 Å². The predicted octanol–water partition coefficient (Wildman–Crippen LogP) is 3.07. The number of hydrogen-bond donors (Lipinski definition) is 1. The minimum absolute atomic E-state index is 0.816. The minimum Gasteiger partial charge on any atom is -0.383 e. The maximum atomic E-state index is 5.02. The van der Waals surface area contributed by atoms with Gasteiger partial charge in [-0.3, -0.25) is 0 Å². The van der Waals surface area contributed by atoms with Gasteiger partial charge in [-0.1, -0.05) is 33.6 Å². The van der Waals surface area contributed by atoms with Crippen molar-refractivity contribution in [3.8, 4) is 0 Å². The molecule has 1 unspecified atom stereocenters. The molecule has 92 valence electrons. The van der Waals surface area contributed by atoms with Gasteiger partial charge in [0, 0.05) is 13.7 Å². The predicted molar refractivity (Wildman–Crippen MR) is 67.2 cm³/mol. The SMILES string of the molecule is CCCCC(CNCCOC)CC(C)C. The summed E-state index contributed by atoms with van der Waals surface area (Å²) in [5, 5.41) is 3.48. The van der Waals surface area contributed by atoms with Gasteiger partial charge in [-0.2, -0.15) is 0 Å². The standard InChI is InChI=1S/C13H29NO/c1-5-6-7-13(10-12(2)3)11-14-8-9-15-4/h12-14H,5-11H2,1-4H3. The Hall–Kier alpha value is -0.0800. The molecule has 2 heteroatoms. The Morgan fingerprint density at radius 3 is 2.53 bits per heavy atom. The summed E-state index contributed by atoms with van der Waals surface area (Å²) in [5.74, 6) is 1.66. The maximum absolute atomic E-state index is 5.02. The summed E-state index contributed by atoms with van der Waals surface area (Å²) in [6, 6.07) is 0. The van der Waals surface area contributed by atoms with Crippen molar-refractivity contribution in [3.05, 3.63) is 0 Å². The first-order chi connectivity index (χ1) is 7.20. The molecule has 0 aromatic rings. The van der Waals surface area contributed by atoms with E-state index in [1.807, 2.05) is 0 Å². The third-order valence-electron chi connectivity index (χ3n) is 2.69. The van der Waals surface area contributed by atoms with Crippen LogP contribution in [-0.4, -0.2) is 26.8 Å². The first kappa shape index (κ1) is 14.9. The molecule has 0 aliphatic rings. The molecule has 1 atom stereocenters. The van der Waals surface area contributed by atoms with Gasteiger partial charge in [-0.25, -0.2) is 0 Å².